The van der Waals surface area contributed by atoms with Crippen molar-refractivity contribution in [2.45, 2.75) is 50.5 Å². The molecule has 1 amide bonds. The van der Waals surface area contributed by atoms with Gasteiger partial charge in [-0.2, -0.15) is 4.31 Å². The number of aromatic nitrogens is 1. The predicted octanol–water partition coefficient (Wildman–Crippen LogP) is 3.28. The second kappa shape index (κ2) is 7.20. The number of benzene rings is 1. The Hall–Kier alpha value is -2.19. The summed E-state index contributed by atoms with van der Waals surface area (Å²) in [4.78, 5) is 11.3. The van der Waals surface area contributed by atoms with Crippen LogP contribution in [0.3, 0.4) is 0 Å². The van der Waals surface area contributed by atoms with Crippen LogP contribution < -0.4 is 5.32 Å². The van der Waals surface area contributed by atoms with E-state index in [1.54, 1.807) is 12.1 Å². The highest BCUT2D eigenvalue weighted by atomic mass is 32.2. The molecule has 0 bridgehead atoms. The first kappa shape index (κ1) is 18.6. The van der Waals surface area contributed by atoms with E-state index in [0.717, 1.165) is 12.2 Å². The van der Waals surface area contributed by atoms with E-state index in [0.29, 0.717) is 24.3 Å². The summed E-state index contributed by atoms with van der Waals surface area (Å²) in [6.07, 6.45) is 1.49. The zero-order chi connectivity index (χ0) is 18.9. The van der Waals surface area contributed by atoms with Crippen LogP contribution in [-0.2, 0) is 14.8 Å². The summed E-state index contributed by atoms with van der Waals surface area (Å²) in [5.41, 5.74) is 1.22. The summed E-state index contributed by atoms with van der Waals surface area (Å²) in [6.45, 7) is 5.86. The first-order valence-corrected chi connectivity index (χ1v) is 10.1. The molecule has 1 aromatic carbocycles. The Morgan fingerprint density at radius 1 is 1.31 bits per heavy atom. The van der Waals surface area contributed by atoms with Crippen molar-refractivity contribution in [1.82, 2.24) is 9.46 Å². The van der Waals surface area contributed by atoms with Gasteiger partial charge in [0, 0.05) is 31.1 Å². The summed E-state index contributed by atoms with van der Waals surface area (Å²) in [6, 6.07) is 7.74. The Morgan fingerprint density at radius 2 is 2.00 bits per heavy atom. The van der Waals surface area contributed by atoms with Crippen molar-refractivity contribution in [2.75, 3.05) is 11.9 Å². The molecule has 1 N–H and O–H groups in total. The fourth-order valence-electron chi connectivity index (χ4n) is 3.11. The molecule has 1 saturated heterocycles. The van der Waals surface area contributed by atoms with Crippen molar-refractivity contribution in [3.05, 3.63) is 41.8 Å². The normalized spacial score (nSPS) is 18.4. The van der Waals surface area contributed by atoms with E-state index in [1.165, 1.54) is 23.4 Å². The summed E-state index contributed by atoms with van der Waals surface area (Å²) < 4.78 is 33.0. The smallest absolute Gasteiger partial charge is 0.243 e. The van der Waals surface area contributed by atoms with Crippen LogP contribution in [0.4, 0.5) is 5.69 Å². The van der Waals surface area contributed by atoms with Crippen molar-refractivity contribution in [2.24, 2.45) is 0 Å². The minimum atomic E-state index is -3.65. The number of sulfonamides is 1. The second-order valence-corrected chi connectivity index (χ2v) is 8.68. The zero-order valence-corrected chi connectivity index (χ0v) is 15.9. The molecular weight excluding hydrogens is 354 g/mol. The van der Waals surface area contributed by atoms with Gasteiger partial charge in [0.05, 0.1) is 10.9 Å². The first-order chi connectivity index (χ1) is 12.3. The van der Waals surface area contributed by atoms with Gasteiger partial charge in [-0.25, -0.2) is 8.42 Å². The van der Waals surface area contributed by atoms with Gasteiger partial charge in [-0.1, -0.05) is 19.0 Å². The lowest BCUT2D eigenvalue weighted by molar-refractivity contribution is -0.114. The number of carbonyl (C=O) groups excluding carboxylic acids is 1. The van der Waals surface area contributed by atoms with Crippen LogP contribution in [0.25, 0.3) is 0 Å². The Kier molecular flexibility index (Phi) is 5.15. The fourth-order valence-corrected chi connectivity index (χ4v) is 4.77. The lowest BCUT2D eigenvalue weighted by atomic mass is 10.1. The van der Waals surface area contributed by atoms with Crippen molar-refractivity contribution >= 4 is 21.6 Å². The van der Waals surface area contributed by atoms with Crippen LogP contribution >= 0.6 is 0 Å². The third-order valence-corrected chi connectivity index (χ3v) is 6.36. The number of hydrogen-bond donors (Lipinski definition) is 1. The lowest BCUT2D eigenvalue weighted by Crippen LogP contribution is -2.30. The monoisotopic (exact) mass is 377 g/mol. The number of amides is 1. The van der Waals surface area contributed by atoms with E-state index in [2.05, 4.69) is 10.5 Å². The molecule has 8 heteroatoms. The quantitative estimate of drug-likeness (QED) is 0.863. The molecule has 1 aromatic heterocycles. The molecule has 0 radical (unpaired) electrons. The topological polar surface area (TPSA) is 92.5 Å². The van der Waals surface area contributed by atoms with E-state index in [1.807, 2.05) is 19.9 Å². The largest absolute Gasteiger partial charge is 0.361 e. The Bertz CT molecular complexity index is 887. The number of nitrogens with zero attached hydrogens (tertiary/aromatic N) is 2. The van der Waals surface area contributed by atoms with E-state index >= 15 is 0 Å². The summed E-state index contributed by atoms with van der Waals surface area (Å²) >= 11 is 0. The van der Waals surface area contributed by atoms with Crippen molar-refractivity contribution in [3.8, 4) is 0 Å². The summed E-state index contributed by atoms with van der Waals surface area (Å²) in [7, 11) is -3.65. The van der Waals surface area contributed by atoms with Crippen molar-refractivity contribution < 1.29 is 17.7 Å². The van der Waals surface area contributed by atoms with Gasteiger partial charge in [-0.3, -0.25) is 4.79 Å². The second-order valence-electron chi connectivity index (χ2n) is 6.79. The molecule has 0 spiro atoms. The summed E-state index contributed by atoms with van der Waals surface area (Å²) in [5.74, 6) is 0.750. The van der Waals surface area contributed by atoms with Gasteiger partial charge in [0.15, 0.2) is 0 Å². The van der Waals surface area contributed by atoms with Crippen LogP contribution in [0, 0.1) is 0 Å². The van der Waals surface area contributed by atoms with E-state index in [4.69, 9.17) is 4.52 Å². The highest BCUT2D eigenvalue weighted by Crippen LogP contribution is 2.37. The van der Waals surface area contributed by atoms with Crippen LogP contribution in [0.15, 0.2) is 39.8 Å². The molecule has 1 atom stereocenters. The fraction of sp³-hybridized carbons (Fsp3) is 0.444. The summed E-state index contributed by atoms with van der Waals surface area (Å²) in [5, 5.41) is 6.73. The Labute approximate surface area is 153 Å². The Balaban J connectivity index is 1.86. The van der Waals surface area contributed by atoms with E-state index in [-0.39, 0.29) is 22.8 Å². The highest BCUT2D eigenvalue weighted by molar-refractivity contribution is 7.89. The van der Waals surface area contributed by atoms with Gasteiger partial charge in [0.1, 0.15) is 11.5 Å². The molecule has 3 rings (SSSR count). The SMILES string of the molecule is CC(=O)Nc1ccc(S(=O)(=O)N2CCCC2c2cc(C(C)C)on2)cc1. The van der Waals surface area contributed by atoms with Crippen LogP contribution in [0.1, 0.15) is 57.0 Å². The van der Waals surface area contributed by atoms with Crippen molar-refractivity contribution in [1.29, 1.82) is 0 Å². The maximum atomic E-state index is 13.1. The molecule has 2 heterocycles. The molecule has 0 saturated carbocycles. The molecule has 0 aliphatic carbocycles. The first-order valence-electron chi connectivity index (χ1n) is 8.65. The Morgan fingerprint density at radius 3 is 2.58 bits per heavy atom. The zero-order valence-electron chi connectivity index (χ0n) is 15.1. The maximum Gasteiger partial charge on any atom is 0.243 e. The number of rotatable bonds is 5. The van der Waals surface area contributed by atoms with Gasteiger partial charge >= 0.3 is 0 Å². The number of anilines is 1. The standard InChI is InChI=1S/C18H23N3O4S/c1-12(2)18-11-16(20-25-18)17-5-4-10-21(17)26(23,24)15-8-6-14(7-9-15)19-13(3)22/h6-9,11-12,17H,4-5,10H2,1-3H3,(H,19,22). The van der Waals surface area contributed by atoms with Gasteiger partial charge in [-0.15, -0.1) is 0 Å². The van der Waals surface area contributed by atoms with Crippen LogP contribution in [-0.4, -0.2) is 30.3 Å². The maximum absolute atomic E-state index is 13.1. The number of hydrogen-bond acceptors (Lipinski definition) is 5. The molecule has 1 aliphatic heterocycles. The van der Waals surface area contributed by atoms with Crippen molar-refractivity contribution in [3.63, 3.8) is 0 Å². The number of nitrogens with one attached hydrogen (secondary N) is 1. The third-order valence-electron chi connectivity index (χ3n) is 4.44. The van der Waals surface area contributed by atoms with Crippen LogP contribution in [0.5, 0.6) is 0 Å². The minimum Gasteiger partial charge on any atom is -0.361 e. The number of carbonyl (C=O) groups is 1. The highest BCUT2D eigenvalue weighted by Gasteiger charge is 2.38. The van der Waals surface area contributed by atoms with Gasteiger partial charge < -0.3 is 9.84 Å². The molecule has 1 fully saturated rings. The molecule has 1 aliphatic rings. The third kappa shape index (κ3) is 3.66. The molecule has 26 heavy (non-hydrogen) atoms. The average Bonchev–Trinajstić information content (AvgIpc) is 3.24. The van der Waals surface area contributed by atoms with Crippen LogP contribution in [0.2, 0.25) is 0 Å². The molecule has 2 aromatic rings. The van der Waals surface area contributed by atoms with Gasteiger partial charge in [-0.05, 0) is 37.1 Å². The lowest BCUT2D eigenvalue weighted by Gasteiger charge is -2.22. The molecule has 7 nitrogen and oxygen atoms in total. The van der Waals surface area contributed by atoms with Gasteiger partial charge in [0.25, 0.3) is 0 Å². The average molecular weight is 377 g/mol. The van der Waals surface area contributed by atoms with E-state index < -0.39 is 10.0 Å². The van der Waals surface area contributed by atoms with E-state index in [9.17, 15) is 13.2 Å². The molecule has 1 unspecified atom stereocenters. The molecule has 140 valence electrons. The molecular formula is C18H23N3O4S. The van der Waals surface area contributed by atoms with Gasteiger partial charge in [0.2, 0.25) is 15.9 Å². The predicted molar refractivity (Wildman–Crippen MR) is 97.2 cm³/mol. The minimum absolute atomic E-state index is 0.198.